The average molecular weight is 279 g/mol. The molecule has 0 amide bonds. The SMILES string of the molecule is COC(=O)c1sccc1CN[C@H](C)c1ccc(C)o1. The fraction of sp³-hybridized carbons (Fsp3) is 0.357. The van der Waals surface area contributed by atoms with Crippen molar-refractivity contribution in [2.75, 3.05) is 7.11 Å². The zero-order valence-electron chi connectivity index (χ0n) is 11.2. The number of aryl methyl sites for hydroxylation is 1. The summed E-state index contributed by atoms with van der Waals surface area (Å²) in [6.07, 6.45) is 0. The monoisotopic (exact) mass is 279 g/mol. The highest BCUT2D eigenvalue weighted by atomic mass is 32.1. The molecule has 0 radical (unpaired) electrons. The lowest BCUT2D eigenvalue weighted by atomic mass is 10.2. The first-order chi connectivity index (χ1) is 9.11. The molecule has 0 aliphatic carbocycles. The minimum absolute atomic E-state index is 0.0964. The lowest BCUT2D eigenvalue weighted by molar-refractivity contribution is 0.0605. The van der Waals surface area contributed by atoms with Gasteiger partial charge in [0.2, 0.25) is 0 Å². The number of carbonyl (C=O) groups is 1. The number of methoxy groups -OCH3 is 1. The van der Waals surface area contributed by atoms with Gasteiger partial charge in [0.15, 0.2) is 0 Å². The molecule has 0 unspecified atom stereocenters. The summed E-state index contributed by atoms with van der Waals surface area (Å²) in [5.41, 5.74) is 0.951. The van der Waals surface area contributed by atoms with Crippen LogP contribution in [0.2, 0.25) is 0 Å². The molecule has 4 nitrogen and oxygen atoms in total. The van der Waals surface area contributed by atoms with Crippen molar-refractivity contribution >= 4 is 17.3 Å². The maximum atomic E-state index is 11.6. The van der Waals surface area contributed by atoms with Crippen molar-refractivity contribution in [1.82, 2.24) is 5.32 Å². The number of hydrogen-bond donors (Lipinski definition) is 1. The molecule has 0 aromatic carbocycles. The molecule has 19 heavy (non-hydrogen) atoms. The summed E-state index contributed by atoms with van der Waals surface area (Å²) in [6.45, 7) is 4.56. The number of hydrogen-bond acceptors (Lipinski definition) is 5. The summed E-state index contributed by atoms with van der Waals surface area (Å²) < 4.78 is 10.3. The molecule has 0 fully saturated rings. The summed E-state index contributed by atoms with van der Waals surface area (Å²) in [6, 6.07) is 5.93. The third-order valence-electron chi connectivity index (χ3n) is 2.90. The number of rotatable bonds is 5. The van der Waals surface area contributed by atoms with E-state index in [0.717, 1.165) is 17.1 Å². The average Bonchev–Trinajstić information content (AvgIpc) is 3.03. The van der Waals surface area contributed by atoms with E-state index in [1.165, 1.54) is 18.4 Å². The van der Waals surface area contributed by atoms with Gasteiger partial charge in [-0.15, -0.1) is 11.3 Å². The van der Waals surface area contributed by atoms with E-state index in [1.807, 2.05) is 37.4 Å². The van der Waals surface area contributed by atoms with Crippen LogP contribution in [-0.2, 0) is 11.3 Å². The Morgan fingerprint density at radius 2 is 2.26 bits per heavy atom. The maximum absolute atomic E-state index is 11.6. The first-order valence-corrected chi connectivity index (χ1v) is 6.94. The standard InChI is InChI=1S/C14H17NO3S/c1-9-4-5-12(18-9)10(2)15-8-11-6-7-19-13(11)14(16)17-3/h4-7,10,15H,8H2,1-3H3/t10-/m1/s1. The molecule has 1 N–H and O–H groups in total. The van der Waals surface area contributed by atoms with Crippen molar-refractivity contribution in [1.29, 1.82) is 0 Å². The van der Waals surface area contributed by atoms with Crippen LogP contribution in [0.1, 0.15) is 39.7 Å². The lowest BCUT2D eigenvalue weighted by Gasteiger charge is -2.11. The van der Waals surface area contributed by atoms with E-state index in [0.29, 0.717) is 11.4 Å². The van der Waals surface area contributed by atoms with Gasteiger partial charge in [0.1, 0.15) is 16.4 Å². The van der Waals surface area contributed by atoms with Gasteiger partial charge in [0.25, 0.3) is 0 Å². The van der Waals surface area contributed by atoms with Crippen molar-refractivity contribution in [3.63, 3.8) is 0 Å². The van der Waals surface area contributed by atoms with Crippen molar-refractivity contribution in [3.05, 3.63) is 45.5 Å². The Kier molecular flexibility index (Phi) is 4.39. The molecule has 0 aliphatic rings. The Balaban J connectivity index is 1.99. The first kappa shape index (κ1) is 13.8. The molecule has 0 spiro atoms. The summed E-state index contributed by atoms with van der Waals surface area (Å²) in [5, 5.41) is 5.23. The molecule has 5 heteroatoms. The quantitative estimate of drug-likeness (QED) is 0.853. The summed E-state index contributed by atoms with van der Waals surface area (Å²) >= 11 is 1.40. The van der Waals surface area contributed by atoms with Gasteiger partial charge in [-0.25, -0.2) is 4.79 Å². The predicted octanol–water partition coefficient (Wildman–Crippen LogP) is 3.29. The van der Waals surface area contributed by atoms with Gasteiger partial charge >= 0.3 is 5.97 Å². The van der Waals surface area contributed by atoms with E-state index in [4.69, 9.17) is 9.15 Å². The van der Waals surface area contributed by atoms with Crippen molar-refractivity contribution in [2.45, 2.75) is 26.4 Å². The highest BCUT2D eigenvalue weighted by Gasteiger charge is 2.15. The van der Waals surface area contributed by atoms with E-state index >= 15 is 0 Å². The normalized spacial score (nSPS) is 12.4. The molecule has 2 aromatic rings. The highest BCUT2D eigenvalue weighted by molar-refractivity contribution is 7.12. The van der Waals surface area contributed by atoms with Crippen LogP contribution in [0, 0.1) is 6.92 Å². The second-order valence-corrected chi connectivity index (χ2v) is 5.23. The molecule has 2 rings (SSSR count). The maximum Gasteiger partial charge on any atom is 0.348 e. The summed E-state index contributed by atoms with van der Waals surface area (Å²) in [4.78, 5) is 12.2. The van der Waals surface area contributed by atoms with Crippen LogP contribution in [0.3, 0.4) is 0 Å². The minimum Gasteiger partial charge on any atom is -0.465 e. The van der Waals surface area contributed by atoms with Crippen LogP contribution in [0.5, 0.6) is 0 Å². The molecule has 0 aliphatic heterocycles. The number of esters is 1. The van der Waals surface area contributed by atoms with E-state index in [1.54, 1.807) is 0 Å². The Morgan fingerprint density at radius 3 is 2.89 bits per heavy atom. The lowest BCUT2D eigenvalue weighted by Crippen LogP contribution is -2.18. The van der Waals surface area contributed by atoms with E-state index in [-0.39, 0.29) is 12.0 Å². The molecule has 102 valence electrons. The second kappa shape index (κ2) is 6.04. The van der Waals surface area contributed by atoms with Gasteiger partial charge in [0, 0.05) is 6.54 Å². The topological polar surface area (TPSA) is 51.5 Å². The Bertz CT molecular complexity index is 559. The molecule has 0 saturated carbocycles. The van der Waals surface area contributed by atoms with Crippen molar-refractivity contribution < 1.29 is 13.9 Å². The van der Waals surface area contributed by atoms with Gasteiger partial charge < -0.3 is 14.5 Å². The van der Waals surface area contributed by atoms with Crippen LogP contribution < -0.4 is 5.32 Å². The van der Waals surface area contributed by atoms with Crippen LogP contribution in [0.25, 0.3) is 0 Å². The molecule has 2 heterocycles. The number of furan rings is 1. The number of ether oxygens (including phenoxy) is 1. The Morgan fingerprint density at radius 1 is 1.47 bits per heavy atom. The third kappa shape index (κ3) is 3.24. The smallest absolute Gasteiger partial charge is 0.348 e. The van der Waals surface area contributed by atoms with E-state index < -0.39 is 0 Å². The van der Waals surface area contributed by atoms with Gasteiger partial charge in [-0.3, -0.25) is 0 Å². The molecule has 0 bridgehead atoms. The number of carbonyl (C=O) groups excluding carboxylic acids is 1. The van der Waals surface area contributed by atoms with Crippen molar-refractivity contribution in [3.8, 4) is 0 Å². The fourth-order valence-electron chi connectivity index (χ4n) is 1.80. The molecule has 1 atom stereocenters. The van der Waals surface area contributed by atoms with Crippen LogP contribution in [0.15, 0.2) is 28.0 Å². The van der Waals surface area contributed by atoms with E-state index in [9.17, 15) is 4.79 Å². The minimum atomic E-state index is -0.284. The van der Waals surface area contributed by atoms with Gasteiger partial charge in [0.05, 0.1) is 13.2 Å². The fourth-order valence-corrected chi connectivity index (χ4v) is 2.64. The van der Waals surface area contributed by atoms with Crippen LogP contribution in [-0.4, -0.2) is 13.1 Å². The second-order valence-electron chi connectivity index (χ2n) is 4.32. The summed E-state index contributed by atoms with van der Waals surface area (Å²) in [7, 11) is 1.40. The number of thiophene rings is 1. The first-order valence-electron chi connectivity index (χ1n) is 6.06. The third-order valence-corrected chi connectivity index (χ3v) is 3.84. The van der Waals surface area contributed by atoms with E-state index in [2.05, 4.69) is 5.32 Å². The zero-order chi connectivity index (χ0) is 13.8. The zero-order valence-corrected chi connectivity index (χ0v) is 12.0. The molecular weight excluding hydrogens is 262 g/mol. The van der Waals surface area contributed by atoms with Gasteiger partial charge in [-0.05, 0) is 43.0 Å². The Hall–Kier alpha value is -1.59. The van der Waals surface area contributed by atoms with Crippen molar-refractivity contribution in [2.24, 2.45) is 0 Å². The molecular formula is C14H17NO3S. The largest absolute Gasteiger partial charge is 0.465 e. The van der Waals surface area contributed by atoms with Gasteiger partial charge in [-0.1, -0.05) is 0 Å². The molecule has 0 saturated heterocycles. The van der Waals surface area contributed by atoms with Crippen LogP contribution >= 0.6 is 11.3 Å². The van der Waals surface area contributed by atoms with Crippen LogP contribution in [0.4, 0.5) is 0 Å². The summed E-state index contributed by atoms with van der Waals surface area (Å²) in [5.74, 6) is 1.51. The predicted molar refractivity (Wildman–Crippen MR) is 74.4 cm³/mol. The Labute approximate surface area is 116 Å². The highest BCUT2D eigenvalue weighted by Crippen LogP contribution is 2.20. The van der Waals surface area contributed by atoms with Gasteiger partial charge in [-0.2, -0.15) is 0 Å². The molecule has 2 aromatic heterocycles. The number of nitrogens with one attached hydrogen (secondary N) is 1.